The molecule has 0 radical (unpaired) electrons. The van der Waals surface area contributed by atoms with Crippen LogP contribution in [0.25, 0.3) is 17.2 Å². The minimum Gasteiger partial charge on any atom is -0.347 e. The second-order valence-corrected chi connectivity index (χ2v) is 9.10. The first-order chi connectivity index (χ1) is 16.7. The molecule has 8 nitrogen and oxygen atoms in total. The van der Waals surface area contributed by atoms with Crippen molar-refractivity contribution in [3.63, 3.8) is 0 Å². The fraction of sp³-hybridized carbons (Fsp3) is 0.400. The summed E-state index contributed by atoms with van der Waals surface area (Å²) < 4.78 is 31.0. The Morgan fingerprint density at radius 3 is 2.86 bits per heavy atom. The molecule has 1 amide bonds. The van der Waals surface area contributed by atoms with E-state index in [1.165, 1.54) is 0 Å². The maximum absolute atomic E-state index is 13.8. The lowest BCUT2D eigenvalue weighted by molar-refractivity contribution is -0.0495. The number of hydrogen-bond acceptors (Lipinski definition) is 5. The molecule has 0 fully saturated rings. The molecule has 0 spiro atoms. The summed E-state index contributed by atoms with van der Waals surface area (Å²) in [5.41, 5.74) is 3.92. The molecule has 4 heterocycles. The molecule has 0 saturated heterocycles. The SMILES string of the molecule is CCc1nc2ncccn2c1C(=O)NCc1ccc(-c2nc3n(n2)CC[C@@H](C(C)(F)F)C3)c(C)c1. The number of carbonyl (C=O) groups is 1. The summed E-state index contributed by atoms with van der Waals surface area (Å²) in [6.45, 7) is 5.67. The van der Waals surface area contributed by atoms with Gasteiger partial charge in [-0.2, -0.15) is 5.10 Å². The highest BCUT2D eigenvalue weighted by Gasteiger charge is 2.37. The zero-order valence-electron chi connectivity index (χ0n) is 19.9. The molecule has 1 N–H and O–H groups in total. The highest BCUT2D eigenvalue weighted by molar-refractivity contribution is 5.94. The summed E-state index contributed by atoms with van der Waals surface area (Å²) >= 11 is 0. The Balaban J connectivity index is 1.31. The molecule has 0 bridgehead atoms. The summed E-state index contributed by atoms with van der Waals surface area (Å²) in [4.78, 5) is 26.2. The zero-order chi connectivity index (χ0) is 24.7. The van der Waals surface area contributed by atoms with Crippen LogP contribution in [0.1, 0.15) is 53.4 Å². The number of benzene rings is 1. The van der Waals surface area contributed by atoms with Gasteiger partial charge in [0.05, 0.1) is 5.69 Å². The van der Waals surface area contributed by atoms with Crippen molar-refractivity contribution >= 4 is 11.7 Å². The van der Waals surface area contributed by atoms with Crippen LogP contribution in [0.3, 0.4) is 0 Å². The molecule has 0 aliphatic carbocycles. The van der Waals surface area contributed by atoms with E-state index in [2.05, 4.69) is 25.4 Å². The number of aryl methyl sites for hydroxylation is 3. The first kappa shape index (κ1) is 23.1. The minimum atomic E-state index is -2.73. The van der Waals surface area contributed by atoms with Crippen LogP contribution in [0.4, 0.5) is 8.78 Å². The van der Waals surface area contributed by atoms with Crippen LogP contribution in [0, 0.1) is 12.8 Å². The summed E-state index contributed by atoms with van der Waals surface area (Å²) in [5.74, 6) is -2.01. The monoisotopic (exact) mass is 479 g/mol. The Hall–Kier alpha value is -3.69. The Morgan fingerprint density at radius 1 is 1.29 bits per heavy atom. The van der Waals surface area contributed by atoms with Gasteiger partial charge in [0.25, 0.3) is 5.91 Å². The average Bonchev–Trinajstić information content (AvgIpc) is 3.42. The molecule has 0 unspecified atom stereocenters. The number of rotatable bonds is 6. The quantitative estimate of drug-likeness (QED) is 0.451. The van der Waals surface area contributed by atoms with E-state index in [0.29, 0.717) is 54.7 Å². The molecule has 1 atom stereocenters. The van der Waals surface area contributed by atoms with E-state index in [-0.39, 0.29) is 12.3 Å². The summed E-state index contributed by atoms with van der Waals surface area (Å²) in [6.07, 6.45) is 4.66. The summed E-state index contributed by atoms with van der Waals surface area (Å²) in [7, 11) is 0. The summed E-state index contributed by atoms with van der Waals surface area (Å²) in [5, 5.41) is 7.54. The number of carbonyl (C=O) groups excluding carboxylic acids is 1. The van der Waals surface area contributed by atoms with Gasteiger partial charge in [-0.25, -0.2) is 28.4 Å². The molecule has 182 valence electrons. The van der Waals surface area contributed by atoms with Crippen LogP contribution in [-0.4, -0.2) is 41.0 Å². The van der Waals surface area contributed by atoms with E-state index >= 15 is 0 Å². The first-order valence-corrected chi connectivity index (χ1v) is 11.8. The van der Waals surface area contributed by atoms with Gasteiger partial charge in [-0.15, -0.1) is 0 Å². The lowest BCUT2D eigenvalue weighted by Crippen LogP contribution is -2.32. The molecule has 35 heavy (non-hydrogen) atoms. The average molecular weight is 480 g/mol. The number of aromatic nitrogens is 6. The van der Waals surface area contributed by atoms with Crippen molar-refractivity contribution in [2.24, 2.45) is 5.92 Å². The normalized spacial score (nSPS) is 15.9. The Morgan fingerprint density at radius 2 is 2.11 bits per heavy atom. The van der Waals surface area contributed by atoms with Gasteiger partial charge in [-0.05, 0) is 43.9 Å². The number of alkyl halides is 2. The van der Waals surface area contributed by atoms with Gasteiger partial charge in [0.15, 0.2) is 5.82 Å². The van der Waals surface area contributed by atoms with Crippen molar-refractivity contribution in [1.29, 1.82) is 0 Å². The Kier molecular flexibility index (Phi) is 5.82. The fourth-order valence-corrected chi connectivity index (χ4v) is 4.62. The maximum atomic E-state index is 13.8. The lowest BCUT2D eigenvalue weighted by atomic mass is 9.92. The van der Waals surface area contributed by atoms with Gasteiger partial charge in [-0.1, -0.05) is 25.1 Å². The number of amides is 1. The number of imidazole rings is 1. The van der Waals surface area contributed by atoms with Crippen molar-refractivity contribution in [2.45, 2.75) is 59.0 Å². The van der Waals surface area contributed by atoms with Crippen molar-refractivity contribution in [3.05, 3.63) is 65.0 Å². The highest BCUT2D eigenvalue weighted by Crippen LogP contribution is 2.33. The molecule has 1 aliphatic rings. The summed E-state index contributed by atoms with van der Waals surface area (Å²) in [6, 6.07) is 7.58. The van der Waals surface area contributed by atoms with Gasteiger partial charge >= 0.3 is 0 Å². The molecule has 10 heteroatoms. The molecule has 3 aromatic heterocycles. The van der Waals surface area contributed by atoms with Crippen LogP contribution in [0.15, 0.2) is 36.7 Å². The number of nitrogens with one attached hydrogen (secondary N) is 1. The topological polar surface area (TPSA) is 90.0 Å². The predicted octanol–water partition coefficient (Wildman–Crippen LogP) is 4.01. The molecule has 1 aliphatic heterocycles. The van der Waals surface area contributed by atoms with Crippen molar-refractivity contribution in [3.8, 4) is 11.4 Å². The molecule has 5 rings (SSSR count). The maximum Gasteiger partial charge on any atom is 0.270 e. The van der Waals surface area contributed by atoms with Gasteiger partial charge in [0.2, 0.25) is 11.7 Å². The molecular weight excluding hydrogens is 452 g/mol. The van der Waals surface area contributed by atoms with Crippen molar-refractivity contribution in [1.82, 2.24) is 34.4 Å². The predicted molar refractivity (Wildman–Crippen MR) is 126 cm³/mol. The molecule has 0 saturated carbocycles. The second kappa shape index (κ2) is 8.83. The van der Waals surface area contributed by atoms with Crippen LogP contribution in [-0.2, 0) is 25.9 Å². The number of nitrogens with zero attached hydrogens (tertiary/aromatic N) is 6. The Bertz CT molecular complexity index is 1400. The van der Waals surface area contributed by atoms with Gasteiger partial charge in [0, 0.05) is 43.4 Å². The molecular formula is C25H27F2N7O. The standard InChI is InChI=1S/C25H27F2N7O/c1-4-19-21(33-10-5-9-28-24(33)30-19)23(35)29-14-16-6-7-18(15(2)12-16)22-31-20-13-17(25(3,26)27)8-11-34(20)32-22/h5-7,9-10,12,17H,4,8,11,13-14H2,1-3H3,(H,29,35)/t17-/m1/s1. The van der Waals surface area contributed by atoms with E-state index in [9.17, 15) is 13.6 Å². The van der Waals surface area contributed by atoms with Gasteiger partial charge in [-0.3, -0.25) is 9.20 Å². The first-order valence-electron chi connectivity index (χ1n) is 11.8. The minimum absolute atomic E-state index is 0.213. The third kappa shape index (κ3) is 4.40. The van der Waals surface area contributed by atoms with Crippen LogP contribution >= 0.6 is 0 Å². The largest absolute Gasteiger partial charge is 0.347 e. The number of halogens is 2. The van der Waals surface area contributed by atoms with E-state index in [0.717, 1.165) is 23.6 Å². The van der Waals surface area contributed by atoms with Crippen LogP contribution in [0.2, 0.25) is 0 Å². The number of fused-ring (bicyclic) bond motifs is 2. The third-order valence-electron chi connectivity index (χ3n) is 6.59. The van der Waals surface area contributed by atoms with Gasteiger partial charge < -0.3 is 5.32 Å². The molecule has 1 aromatic carbocycles. The molecule has 4 aromatic rings. The lowest BCUT2D eigenvalue weighted by Gasteiger charge is -2.26. The van der Waals surface area contributed by atoms with Crippen LogP contribution < -0.4 is 5.32 Å². The highest BCUT2D eigenvalue weighted by atomic mass is 19.3. The third-order valence-corrected chi connectivity index (χ3v) is 6.59. The van der Waals surface area contributed by atoms with E-state index in [1.54, 1.807) is 27.5 Å². The fourth-order valence-electron chi connectivity index (χ4n) is 4.62. The van der Waals surface area contributed by atoms with E-state index in [4.69, 9.17) is 0 Å². The van der Waals surface area contributed by atoms with Crippen molar-refractivity contribution in [2.75, 3.05) is 0 Å². The second-order valence-electron chi connectivity index (χ2n) is 9.10. The van der Waals surface area contributed by atoms with Gasteiger partial charge in [0.1, 0.15) is 11.5 Å². The van der Waals surface area contributed by atoms with E-state index in [1.807, 2.05) is 32.0 Å². The smallest absolute Gasteiger partial charge is 0.270 e. The Labute approximate surface area is 201 Å². The van der Waals surface area contributed by atoms with Crippen molar-refractivity contribution < 1.29 is 13.6 Å². The van der Waals surface area contributed by atoms with E-state index < -0.39 is 11.8 Å². The number of hydrogen-bond donors (Lipinski definition) is 1. The van der Waals surface area contributed by atoms with Crippen LogP contribution in [0.5, 0.6) is 0 Å². The zero-order valence-corrected chi connectivity index (χ0v) is 19.9.